The molecule has 0 saturated heterocycles. The molecule has 0 aromatic heterocycles. The number of hydrogen-bond acceptors (Lipinski definition) is 3. The minimum absolute atomic E-state index is 0.0699. The fourth-order valence-corrected chi connectivity index (χ4v) is 3.39. The van der Waals surface area contributed by atoms with E-state index >= 15 is 0 Å². The number of methoxy groups -OCH3 is 1. The predicted molar refractivity (Wildman–Crippen MR) is 72.7 cm³/mol. The zero-order valence-corrected chi connectivity index (χ0v) is 12.3. The minimum atomic E-state index is -3.61. The molecule has 6 heteroatoms. The van der Waals surface area contributed by atoms with Crippen LogP contribution in [0.25, 0.3) is 0 Å². The van der Waals surface area contributed by atoms with Crippen molar-refractivity contribution in [2.24, 2.45) is 0 Å². The largest absolute Gasteiger partial charge is 0.495 e. The Kier molecular flexibility index (Phi) is 5.44. The van der Waals surface area contributed by atoms with Gasteiger partial charge in [0, 0.05) is 11.1 Å². The number of hydrogen-bond donors (Lipinski definition) is 1. The average Bonchev–Trinajstić information content (AvgIpc) is 2.28. The molecule has 4 nitrogen and oxygen atoms in total. The SMILES string of the molecule is CCC[C@@H](C)NS(=O)(=O)c1cc(Cl)ccc1OC. The highest BCUT2D eigenvalue weighted by Crippen LogP contribution is 2.27. The van der Waals surface area contributed by atoms with E-state index in [-0.39, 0.29) is 16.7 Å². The first-order chi connectivity index (χ1) is 8.40. The highest BCUT2D eigenvalue weighted by molar-refractivity contribution is 7.89. The summed E-state index contributed by atoms with van der Waals surface area (Å²) in [6.07, 6.45) is 1.69. The van der Waals surface area contributed by atoms with Gasteiger partial charge in [-0.25, -0.2) is 13.1 Å². The third-order valence-corrected chi connectivity index (χ3v) is 4.34. The Morgan fingerprint density at radius 2 is 2.11 bits per heavy atom. The quantitative estimate of drug-likeness (QED) is 0.877. The van der Waals surface area contributed by atoms with Crippen molar-refractivity contribution in [1.82, 2.24) is 4.72 Å². The van der Waals surface area contributed by atoms with Crippen molar-refractivity contribution in [2.75, 3.05) is 7.11 Å². The molecule has 102 valence electrons. The summed E-state index contributed by atoms with van der Waals surface area (Å²) in [6.45, 7) is 3.84. The first kappa shape index (κ1) is 15.3. The van der Waals surface area contributed by atoms with E-state index in [0.717, 1.165) is 12.8 Å². The van der Waals surface area contributed by atoms with Crippen LogP contribution in [0.15, 0.2) is 23.1 Å². The maximum absolute atomic E-state index is 12.2. The monoisotopic (exact) mass is 291 g/mol. The summed E-state index contributed by atoms with van der Waals surface area (Å²) in [5.74, 6) is 0.288. The second kappa shape index (κ2) is 6.41. The van der Waals surface area contributed by atoms with Gasteiger partial charge in [-0.3, -0.25) is 0 Å². The van der Waals surface area contributed by atoms with E-state index in [4.69, 9.17) is 16.3 Å². The molecule has 1 aromatic rings. The molecule has 1 N–H and O–H groups in total. The highest BCUT2D eigenvalue weighted by Gasteiger charge is 2.21. The maximum atomic E-state index is 12.2. The fourth-order valence-electron chi connectivity index (χ4n) is 1.68. The molecule has 0 radical (unpaired) electrons. The first-order valence-electron chi connectivity index (χ1n) is 5.76. The Morgan fingerprint density at radius 3 is 2.67 bits per heavy atom. The molecule has 0 unspecified atom stereocenters. The van der Waals surface area contributed by atoms with E-state index in [1.807, 2.05) is 13.8 Å². The Bertz CT molecular complexity index is 502. The van der Waals surface area contributed by atoms with E-state index < -0.39 is 10.0 Å². The molecule has 0 amide bonds. The van der Waals surface area contributed by atoms with Gasteiger partial charge in [-0.15, -0.1) is 0 Å². The van der Waals surface area contributed by atoms with Gasteiger partial charge in [-0.1, -0.05) is 24.9 Å². The molecular weight excluding hydrogens is 274 g/mol. The van der Waals surface area contributed by atoms with Gasteiger partial charge in [0.2, 0.25) is 10.0 Å². The Labute approximate surface area is 113 Å². The van der Waals surface area contributed by atoms with E-state index in [1.165, 1.54) is 13.2 Å². The summed E-state index contributed by atoms with van der Waals surface area (Å²) in [5.41, 5.74) is 0. The molecule has 0 saturated carbocycles. The van der Waals surface area contributed by atoms with Gasteiger partial charge < -0.3 is 4.74 Å². The van der Waals surface area contributed by atoms with Gasteiger partial charge in [-0.05, 0) is 31.5 Å². The molecule has 0 aliphatic heterocycles. The average molecular weight is 292 g/mol. The van der Waals surface area contributed by atoms with Crippen molar-refractivity contribution >= 4 is 21.6 Å². The first-order valence-corrected chi connectivity index (χ1v) is 7.62. The standard InChI is InChI=1S/C12H18ClNO3S/c1-4-5-9(2)14-18(15,16)12-8-10(13)6-7-11(12)17-3/h6-9,14H,4-5H2,1-3H3/t9-/m1/s1. The molecule has 0 fully saturated rings. The number of halogens is 1. The smallest absolute Gasteiger partial charge is 0.244 e. The summed E-state index contributed by atoms with van der Waals surface area (Å²) >= 11 is 5.83. The lowest BCUT2D eigenvalue weighted by Crippen LogP contribution is -2.32. The minimum Gasteiger partial charge on any atom is -0.495 e. The second-order valence-corrected chi connectivity index (χ2v) is 6.23. The van der Waals surface area contributed by atoms with E-state index in [2.05, 4.69) is 4.72 Å². The third-order valence-electron chi connectivity index (χ3n) is 2.49. The van der Waals surface area contributed by atoms with E-state index in [9.17, 15) is 8.42 Å². The van der Waals surface area contributed by atoms with Crippen LogP contribution in [0.2, 0.25) is 5.02 Å². The maximum Gasteiger partial charge on any atom is 0.244 e. The van der Waals surface area contributed by atoms with E-state index in [1.54, 1.807) is 12.1 Å². The molecule has 18 heavy (non-hydrogen) atoms. The molecule has 1 aromatic carbocycles. The molecule has 0 bridgehead atoms. The summed E-state index contributed by atoms with van der Waals surface area (Å²) in [7, 11) is -2.18. The van der Waals surface area contributed by atoms with Crippen molar-refractivity contribution in [3.05, 3.63) is 23.2 Å². The van der Waals surface area contributed by atoms with Crippen LogP contribution < -0.4 is 9.46 Å². The van der Waals surface area contributed by atoms with Crippen molar-refractivity contribution in [3.63, 3.8) is 0 Å². The van der Waals surface area contributed by atoms with Crippen LogP contribution in [0.4, 0.5) is 0 Å². The van der Waals surface area contributed by atoms with Crippen LogP contribution >= 0.6 is 11.6 Å². The van der Waals surface area contributed by atoms with Gasteiger partial charge in [0.1, 0.15) is 10.6 Å². The van der Waals surface area contributed by atoms with Crippen LogP contribution in [0, 0.1) is 0 Å². The number of ether oxygens (including phenoxy) is 1. The lowest BCUT2D eigenvalue weighted by molar-refractivity contribution is 0.402. The molecule has 0 aliphatic carbocycles. The van der Waals surface area contributed by atoms with Crippen molar-refractivity contribution < 1.29 is 13.2 Å². The zero-order chi connectivity index (χ0) is 13.8. The van der Waals surface area contributed by atoms with Crippen molar-refractivity contribution in [2.45, 2.75) is 37.6 Å². The van der Waals surface area contributed by atoms with Crippen LogP contribution in [0.1, 0.15) is 26.7 Å². The van der Waals surface area contributed by atoms with Gasteiger partial charge in [-0.2, -0.15) is 0 Å². The van der Waals surface area contributed by atoms with E-state index in [0.29, 0.717) is 5.02 Å². The lowest BCUT2D eigenvalue weighted by Gasteiger charge is -2.15. The number of nitrogens with one attached hydrogen (secondary N) is 1. The molecule has 1 rings (SSSR count). The normalized spacial score (nSPS) is 13.3. The Hall–Kier alpha value is -0.780. The Balaban J connectivity index is 3.07. The third kappa shape index (κ3) is 3.86. The second-order valence-electron chi connectivity index (χ2n) is 4.11. The van der Waals surface area contributed by atoms with Gasteiger partial charge in [0.05, 0.1) is 7.11 Å². The predicted octanol–water partition coefficient (Wildman–Crippen LogP) is 2.82. The zero-order valence-electron chi connectivity index (χ0n) is 10.7. The summed E-state index contributed by atoms with van der Waals surface area (Å²) in [5, 5.41) is 0.360. The summed E-state index contributed by atoms with van der Waals surface area (Å²) < 4.78 is 32.1. The highest BCUT2D eigenvalue weighted by atomic mass is 35.5. The van der Waals surface area contributed by atoms with Gasteiger partial charge in [0.15, 0.2) is 0 Å². The topological polar surface area (TPSA) is 55.4 Å². The van der Waals surface area contributed by atoms with Gasteiger partial charge >= 0.3 is 0 Å². The van der Waals surface area contributed by atoms with Crippen LogP contribution in [0.3, 0.4) is 0 Å². The van der Waals surface area contributed by atoms with Gasteiger partial charge in [0.25, 0.3) is 0 Å². The summed E-state index contributed by atoms with van der Waals surface area (Å²) in [6, 6.07) is 4.40. The summed E-state index contributed by atoms with van der Waals surface area (Å²) in [4.78, 5) is 0.0699. The lowest BCUT2D eigenvalue weighted by atomic mass is 10.2. The number of benzene rings is 1. The fraction of sp³-hybridized carbons (Fsp3) is 0.500. The van der Waals surface area contributed by atoms with Crippen LogP contribution in [-0.4, -0.2) is 21.6 Å². The molecule has 0 heterocycles. The Morgan fingerprint density at radius 1 is 1.44 bits per heavy atom. The van der Waals surface area contributed by atoms with Crippen molar-refractivity contribution in [3.8, 4) is 5.75 Å². The molecule has 0 aliphatic rings. The molecule has 1 atom stereocenters. The van der Waals surface area contributed by atoms with Crippen LogP contribution in [0.5, 0.6) is 5.75 Å². The molecule has 0 spiro atoms. The number of sulfonamides is 1. The van der Waals surface area contributed by atoms with Crippen molar-refractivity contribution in [1.29, 1.82) is 0 Å². The van der Waals surface area contributed by atoms with Crippen LogP contribution in [-0.2, 0) is 10.0 Å². The molecular formula is C12H18ClNO3S. The number of rotatable bonds is 6.